The van der Waals surface area contributed by atoms with Gasteiger partial charge in [0.25, 0.3) is 6.47 Å². The number of amides is 1. The molecular formula is C28H42N4O6S. The van der Waals surface area contributed by atoms with Crippen molar-refractivity contribution in [2.45, 2.75) is 78.4 Å². The van der Waals surface area contributed by atoms with Crippen LogP contribution < -0.4 is 4.74 Å². The molecule has 0 bridgehead atoms. The third-order valence-electron chi connectivity index (χ3n) is 4.87. The quantitative estimate of drug-likeness (QED) is 0.201. The van der Waals surface area contributed by atoms with Gasteiger partial charge in [-0.1, -0.05) is 6.42 Å². The lowest BCUT2D eigenvalue weighted by Gasteiger charge is -2.24. The van der Waals surface area contributed by atoms with E-state index in [1.165, 1.54) is 11.3 Å². The molecule has 2 rings (SSSR count). The van der Waals surface area contributed by atoms with Gasteiger partial charge in [-0.15, -0.1) is 11.3 Å². The Labute approximate surface area is 235 Å². The largest absolute Gasteiger partial charge is 0.462 e. The van der Waals surface area contributed by atoms with E-state index in [1.807, 2.05) is 66.6 Å². The van der Waals surface area contributed by atoms with Gasteiger partial charge in [0.05, 0.1) is 10.2 Å². The number of hydrogen-bond donors (Lipinski definition) is 0. The minimum Gasteiger partial charge on any atom is -0.462 e. The zero-order chi connectivity index (χ0) is 29.6. The Bertz CT molecular complexity index is 1110. The molecule has 11 heteroatoms. The number of ether oxygens (including phenoxy) is 3. The van der Waals surface area contributed by atoms with Crippen molar-refractivity contribution < 1.29 is 28.6 Å². The van der Waals surface area contributed by atoms with Crippen molar-refractivity contribution in [3.63, 3.8) is 0 Å². The van der Waals surface area contributed by atoms with Crippen LogP contribution in [0.1, 0.15) is 72.2 Å². The third-order valence-corrected chi connectivity index (χ3v) is 5.79. The lowest BCUT2D eigenvalue weighted by atomic mass is 10.1. The number of carbonyl (C=O) groups excluding carboxylic acids is 3. The van der Waals surface area contributed by atoms with Crippen molar-refractivity contribution in [1.29, 1.82) is 5.26 Å². The van der Waals surface area contributed by atoms with Crippen LogP contribution in [-0.2, 0) is 19.1 Å². The summed E-state index contributed by atoms with van der Waals surface area (Å²) in [5, 5.41) is 9.38. The van der Waals surface area contributed by atoms with Crippen molar-refractivity contribution in [2.75, 3.05) is 33.7 Å². The number of benzene rings is 1. The molecule has 39 heavy (non-hydrogen) atoms. The first kappa shape index (κ1) is 33.8. The van der Waals surface area contributed by atoms with Gasteiger partial charge in [-0.05, 0) is 80.6 Å². The highest BCUT2D eigenvalue weighted by Crippen LogP contribution is 2.26. The van der Waals surface area contributed by atoms with Crippen molar-refractivity contribution >= 4 is 40.1 Å². The third kappa shape index (κ3) is 15.1. The summed E-state index contributed by atoms with van der Waals surface area (Å²) in [6, 6.07) is 7.20. The van der Waals surface area contributed by atoms with Crippen LogP contribution in [0.5, 0.6) is 5.75 Å². The molecule has 0 fully saturated rings. The van der Waals surface area contributed by atoms with E-state index >= 15 is 0 Å². The number of likely N-dealkylation sites (N-methyl/N-ethyl adjacent to an activating group) is 1. The molecule has 10 nitrogen and oxygen atoms in total. The fraction of sp³-hybridized carbons (Fsp3) is 0.607. The van der Waals surface area contributed by atoms with E-state index in [1.54, 1.807) is 23.1 Å². The first-order valence-electron chi connectivity index (χ1n) is 12.9. The Kier molecular flexibility index (Phi) is 13.9. The number of esters is 1. The van der Waals surface area contributed by atoms with Crippen LogP contribution in [-0.4, -0.2) is 78.3 Å². The molecule has 216 valence electrons. The number of rotatable bonds is 11. The fourth-order valence-electron chi connectivity index (χ4n) is 3.08. The zero-order valence-corrected chi connectivity index (χ0v) is 25.2. The molecule has 0 atom stereocenters. The Balaban J connectivity index is 0.000000956. The van der Waals surface area contributed by atoms with Gasteiger partial charge in [0.2, 0.25) is 0 Å². The fourth-order valence-corrected chi connectivity index (χ4v) is 3.87. The van der Waals surface area contributed by atoms with Crippen molar-refractivity contribution in [1.82, 2.24) is 14.8 Å². The molecule has 1 heterocycles. The minimum absolute atomic E-state index is 0.195. The van der Waals surface area contributed by atoms with Gasteiger partial charge in [-0.25, -0.2) is 9.78 Å². The minimum atomic E-state index is -0.470. The average Bonchev–Trinajstić information content (AvgIpc) is 3.21. The van der Waals surface area contributed by atoms with Gasteiger partial charge < -0.3 is 24.0 Å². The number of hydrogen-bond acceptors (Lipinski definition) is 10. The second kappa shape index (κ2) is 16.0. The summed E-state index contributed by atoms with van der Waals surface area (Å²) in [7, 11) is 3.91. The molecule has 1 amide bonds. The maximum Gasteiger partial charge on any atom is 0.415 e. The smallest absolute Gasteiger partial charge is 0.415 e. The second-order valence-electron chi connectivity index (χ2n) is 11.1. The Hall–Kier alpha value is -3.23. The zero-order valence-electron chi connectivity index (χ0n) is 24.4. The van der Waals surface area contributed by atoms with Gasteiger partial charge in [-0.2, -0.15) is 5.26 Å². The van der Waals surface area contributed by atoms with Crippen LogP contribution in [0.15, 0.2) is 18.2 Å². The SMILES string of the molecule is CC(C)(C)OC=O.CN(C)CCN(CCCCCC(=O)OC(C)(C)C)C(=O)Oc1ccc2nc(C#N)sc2c1. The van der Waals surface area contributed by atoms with Crippen LogP contribution >= 0.6 is 11.3 Å². The lowest BCUT2D eigenvalue weighted by Crippen LogP contribution is -2.39. The highest BCUT2D eigenvalue weighted by atomic mass is 32.1. The molecule has 0 aliphatic heterocycles. The number of nitrogens with zero attached hydrogens (tertiary/aromatic N) is 4. The summed E-state index contributed by atoms with van der Waals surface area (Å²) in [5.41, 5.74) is -0.0787. The first-order chi connectivity index (χ1) is 18.1. The van der Waals surface area contributed by atoms with Gasteiger partial charge >= 0.3 is 12.1 Å². The van der Waals surface area contributed by atoms with E-state index in [2.05, 4.69) is 9.72 Å². The van der Waals surface area contributed by atoms with Gasteiger partial charge in [-0.3, -0.25) is 9.59 Å². The number of nitriles is 1. The van der Waals surface area contributed by atoms with E-state index in [0.717, 1.165) is 24.0 Å². The second-order valence-corrected chi connectivity index (χ2v) is 12.2. The van der Waals surface area contributed by atoms with E-state index < -0.39 is 11.7 Å². The first-order valence-corrected chi connectivity index (χ1v) is 13.7. The predicted octanol–water partition coefficient (Wildman–Crippen LogP) is 5.39. The predicted molar refractivity (Wildman–Crippen MR) is 152 cm³/mol. The van der Waals surface area contributed by atoms with Gasteiger partial charge in [0, 0.05) is 32.1 Å². The summed E-state index contributed by atoms with van der Waals surface area (Å²) < 4.78 is 16.3. The molecule has 2 aromatic rings. The number of aromatic nitrogens is 1. The number of unbranched alkanes of at least 4 members (excludes halogenated alkanes) is 2. The lowest BCUT2D eigenvalue weighted by molar-refractivity contribution is -0.155. The molecule has 0 aliphatic carbocycles. The van der Waals surface area contributed by atoms with Gasteiger partial charge in [0.15, 0.2) is 5.01 Å². The molecular weight excluding hydrogens is 520 g/mol. The average molecular weight is 563 g/mol. The summed E-state index contributed by atoms with van der Waals surface area (Å²) >= 11 is 1.26. The normalized spacial score (nSPS) is 11.3. The standard InChI is InChI=1S/C23H32N4O4S.C5H10O2/c1-23(2,3)31-21(28)9-7-6-8-12-27(14-13-26(4)5)22(29)30-17-10-11-18-19(15-17)32-20(16-24)25-18;1-5(2,3)7-4-6/h10-11,15H,6-9,12-14H2,1-5H3;4H,1-3H3. The Morgan fingerprint density at radius 3 is 2.26 bits per heavy atom. The van der Waals surface area contributed by atoms with Crippen LogP contribution in [0.2, 0.25) is 0 Å². The molecule has 0 unspecified atom stereocenters. The topological polar surface area (TPSA) is 122 Å². The molecule has 1 aromatic heterocycles. The summed E-state index contributed by atoms with van der Waals surface area (Å²) in [6.07, 6.45) is 2.26. The monoisotopic (exact) mass is 562 g/mol. The van der Waals surface area contributed by atoms with Crippen LogP contribution in [0.4, 0.5) is 4.79 Å². The van der Waals surface area contributed by atoms with Crippen molar-refractivity contribution in [3.05, 3.63) is 23.2 Å². The molecule has 0 radical (unpaired) electrons. The van der Waals surface area contributed by atoms with E-state index in [-0.39, 0.29) is 11.6 Å². The molecule has 0 N–H and O–H groups in total. The molecule has 0 spiro atoms. The highest BCUT2D eigenvalue weighted by Gasteiger charge is 2.18. The summed E-state index contributed by atoms with van der Waals surface area (Å²) in [6.45, 7) is 13.3. The number of fused-ring (bicyclic) bond motifs is 1. The van der Waals surface area contributed by atoms with Crippen LogP contribution in [0.25, 0.3) is 10.2 Å². The number of carbonyl (C=O) groups is 3. The molecule has 0 aliphatic rings. The molecule has 0 saturated carbocycles. The highest BCUT2D eigenvalue weighted by molar-refractivity contribution is 7.19. The summed E-state index contributed by atoms with van der Waals surface area (Å²) in [4.78, 5) is 42.1. The maximum absolute atomic E-state index is 12.8. The van der Waals surface area contributed by atoms with Crippen molar-refractivity contribution in [3.8, 4) is 11.8 Å². The van der Waals surface area contributed by atoms with E-state index in [9.17, 15) is 14.4 Å². The van der Waals surface area contributed by atoms with E-state index in [0.29, 0.717) is 48.8 Å². The van der Waals surface area contributed by atoms with Crippen molar-refractivity contribution in [2.24, 2.45) is 0 Å². The molecule has 1 aromatic carbocycles. The van der Waals surface area contributed by atoms with Gasteiger partial charge in [0.1, 0.15) is 23.0 Å². The Morgan fingerprint density at radius 1 is 1.03 bits per heavy atom. The van der Waals surface area contributed by atoms with Crippen LogP contribution in [0, 0.1) is 11.3 Å². The Morgan fingerprint density at radius 2 is 1.72 bits per heavy atom. The summed E-state index contributed by atoms with van der Waals surface area (Å²) in [5.74, 6) is 0.231. The number of thiazole rings is 1. The van der Waals surface area contributed by atoms with Crippen LogP contribution in [0.3, 0.4) is 0 Å². The molecule has 0 saturated heterocycles. The van der Waals surface area contributed by atoms with E-state index in [4.69, 9.17) is 14.7 Å². The maximum atomic E-state index is 12.8.